The topological polar surface area (TPSA) is 70.8 Å². The second kappa shape index (κ2) is 5.60. The molecule has 5 heteroatoms. The molecule has 1 aliphatic heterocycles. The first-order chi connectivity index (χ1) is 8.29. The molecule has 0 aliphatic carbocycles. The zero-order chi connectivity index (χ0) is 12.1. The van der Waals surface area contributed by atoms with E-state index in [1.165, 1.54) is 0 Å². The van der Waals surface area contributed by atoms with Crippen molar-refractivity contribution in [2.75, 3.05) is 19.7 Å². The minimum Gasteiger partial charge on any atom is -0.475 e. The lowest BCUT2D eigenvalue weighted by atomic mass is 9.99. The fourth-order valence-corrected chi connectivity index (χ4v) is 1.88. The van der Waals surface area contributed by atoms with E-state index < -0.39 is 0 Å². The molecule has 1 aromatic rings. The van der Waals surface area contributed by atoms with Crippen molar-refractivity contribution < 1.29 is 4.74 Å². The van der Waals surface area contributed by atoms with Gasteiger partial charge in [-0.3, -0.25) is 0 Å². The van der Waals surface area contributed by atoms with E-state index in [1.807, 2.05) is 13.0 Å². The third-order valence-electron chi connectivity index (χ3n) is 2.88. The molecule has 2 rings (SSSR count). The summed E-state index contributed by atoms with van der Waals surface area (Å²) in [5.74, 6) is 0.913. The van der Waals surface area contributed by atoms with Crippen LogP contribution in [0.1, 0.15) is 24.2 Å². The van der Waals surface area contributed by atoms with E-state index in [1.54, 1.807) is 6.20 Å². The summed E-state index contributed by atoms with van der Waals surface area (Å²) in [6.07, 6.45) is 3.80. The molecule has 1 saturated heterocycles. The van der Waals surface area contributed by atoms with Gasteiger partial charge in [-0.05, 0) is 38.8 Å². The number of hydrogen-bond acceptors (Lipinski definition) is 5. The van der Waals surface area contributed by atoms with E-state index in [9.17, 15) is 0 Å². The largest absolute Gasteiger partial charge is 0.475 e. The standard InChI is InChI=1S/C12H16N4O/c1-9-7-15-11(6-13)12(16-9)17-8-10-2-4-14-5-3-10/h7,10,14H,2-5,8H2,1H3. The lowest BCUT2D eigenvalue weighted by Gasteiger charge is -2.22. The Morgan fingerprint density at radius 2 is 2.29 bits per heavy atom. The third kappa shape index (κ3) is 3.14. The average Bonchev–Trinajstić information content (AvgIpc) is 2.38. The van der Waals surface area contributed by atoms with Crippen LogP contribution in [0.4, 0.5) is 0 Å². The van der Waals surface area contributed by atoms with Gasteiger partial charge in [0.1, 0.15) is 6.07 Å². The van der Waals surface area contributed by atoms with Crippen LogP contribution in [0.2, 0.25) is 0 Å². The van der Waals surface area contributed by atoms with Crippen molar-refractivity contribution >= 4 is 0 Å². The van der Waals surface area contributed by atoms with Crippen molar-refractivity contribution in [1.82, 2.24) is 15.3 Å². The minimum absolute atomic E-state index is 0.268. The molecule has 0 radical (unpaired) electrons. The zero-order valence-corrected chi connectivity index (χ0v) is 9.94. The van der Waals surface area contributed by atoms with Crippen LogP contribution in [0, 0.1) is 24.2 Å². The molecular weight excluding hydrogens is 216 g/mol. The smallest absolute Gasteiger partial charge is 0.251 e. The van der Waals surface area contributed by atoms with Gasteiger partial charge in [-0.1, -0.05) is 0 Å². The van der Waals surface area contributed by atoms with Crippen LogP contribution in [-0.2, 0) is 0 Å². The summed E-state index contributed by atoms with van der Waals surface area (Å²) in [7, 11) is 0. The van der Waals surface area contributed by atoms with Crippen molar-refractivity contribution in [2.45, 2.75) is 19.8 Å². The molecule has 0 bridgehead atoms. The van der Waals surface area contributed by atoms with Crippen molar-refractivity contribution in [3.63, 3.8) is 0 Å². The predicted molar refractivity (Wildman–Crippen MR) is 62.6 cm³/mol. The maximum atomic E-state index is 8.90. The first-order valence-electron chi connectivity index (χ1n) is 5.87. The first-order valence-corrected chi connectivity index (χ1v) is 5.87. The lowest BCUT2D eigenvalue weighted by Crippen LogP contribution is -2.30. The molecule has 5 nitrogen and oxygen atoms in total. The van der Waals surface area contributed by atoms with Crippen LogP contribution in [0.3, 0.4) is 0 Å². The molecule has 1 aliphatic rings. The van der Waals surface area contributed by atoms with E-state index in [2.05, 4.69) is 15.3 Å². The molecule has 1 N–H and O–H groups in total. The third-order valence-corrected chi connectivity index (χ3v) is 2.88. The number of ether oxygens (including phenoxy) is 1. The Bertz CT molecular complexity index is 421. The summed E-state index contributed by atoms with van der Waals surface area (Å²) >= 11 is 0. The molecular formula is C12H16N4O. The van der Waals surface area contributed by atoms with E-state index in [-0.39, 0.29) is 5.69 Å². The highest BCUT2D eigenvalue weighted by Gasteiger charge is 2.15. The Morgan fingerprint density at radius 3 is 3.00 bits per heavy atom. The van der Waals surface area contributed by atoms with Crippen molar-refractivity contribution in [3.05, 3.63) is 17.6 Å². The SMILES string of the molecule is Cc1cnc(C#N)c(OCC2CCNCC2)n1. The summed E-state index contributed by atoms with van der Waals surface area (Å²) in [5.41, 5.74) is 1.04. The fourth-order valence-electron chi connectivity index (χ4n) is 1.88. The minimum atomic E-state index is 0.268. The summed E-state index contributed by atoms with van der Waals surface area (Å²) in [6, 6.07) is 2.00. The highest BCUT2D eigenvalue weighted by molar-refractivity contribution is 5.31. The Balaban J connectivity index is 1.98. The number of aryl methyl sites for hydroxylation is 1. The summed E-state index contributed by atoms with van der Waals surface area (Å²) in [4.78, 5) is 8.21. The number of nitrogens with one attached hydrogen (secondary N) is 1. The number of nitrogens with zero attached hydrogens (tertiary/aromatic N) is 3. The van der Waals surface area contributed by atoms with Crippen LogP contribution >= 0.6 is 0 Å². The molecule has 0 atom stereocenters. The van der Waals surface area contributed by atoms with E-state index in [4.69, 9.17) is 10.00 Å². The molecule has 0 spiro atoms. The molecule has 90 valence electrons. The first kappa shape index (κ1) is 11.8. The highest BCUT2D eigenvalue weighted by Crippen LogP contribution is 2.16. The summed E-state index contributed by atoms with van der Waals surface area (Å²) in [5, 5.41) is 12.2. The maximum Gasteiger partial charge on any atom is 0.251 e. The number of nitriles is 1. The fraction of sp³-hybridized carbons (Fsp3) is 0.583. The molecule has 1 aromatic heterocycles. The van der Waals surface area contributed by atoms with Gasteiger partial charge in [-0.25, -0.2) is 9.97 Å². The quantitative estimate of drug-likeness (QED) is 0.843. The predicted octanol–water partition coefficient (Wildman–Crippen LogP) is 1.04. The van der Waals surface area contributed by atoms with Crippen molar-refractivity contribution in [1.29, 1.82) is 5.26 Å². The number of hydrogen-bond donors (Lipinski definition) is 1. The monoisotopic (exact) mass is 232 g/mol. The highest BCUT2D eigenvalue weighted by atomic mass is 16.5. The second-order valence-electron chi connectivity index (χ2n) is 4.28. The summed E-state index contributed by atoms with van der Waals surface area (Å²) < 4.78 is 5.62. The molecule has 0 aromatic carbocycles. The number of rotatable bonds is 3. The Kier molecular flexibility index (Phi) is 3.89. The maximum absolute atomic E-state index is 8.90. The van der Waals surface area contributed by atoms with Gasteiger partial charge in [0.2, 0.25) is 5.69 Å². The average molecular weight is 232 g/mol. The van der Waals surface area contributed by atoms with Gasteiger partial charge in [-0.2, -0.15) is 5.26 Å². The van der Waals surface area contributed by atoms with Crippen molar-refractivity contribution in [3.8, 4) is 11.9 Å². The van der Waals surface area contributed by atoms with Gasteiger partial charge < -0.3 is 10.1 Å². The molecule has 1 fully saturated rings. The summed E-state index contributed by atoms with van der Waals surface area (Å²) in [6.45, 7) is 4.54. The molecule has 2 heterocycles. The van der Waals surface area contributed by atoms with Crippen LogP contribution in [0.5, 0.6) is 5.88 Å². The Morgan fingerprint density at radius 1 is 1.53 bits per heavy atom. The molecule has 17 heavy (non-hydrogen) atoms. The number of piperidine rings is 1. The van der Waals surface area contributed by atoms with Gasteiger partial charge in [0.25, 0.3) is 5.88 Å². The number of aromatic nitrogens is 2. The Hall–Kier alpha value is -1.67. The van der Waals surface area contributed by atoms with E-state index in [0.717, 1.165) is 31.6 Å². The van der Waals surface area contributed by atoms with E-state index in [0.29, 0.717) is 18.4 Å². The Labute approximate surface area is 101 Å². The lowest BCUT2D eigenvalue weighted by molar-refractivity contribution is 0.207. The molecule has 0 amide bonds. The van der Waals surface area contributed by atoms with Gasteiger partial charge in [-0.15, -0.1) is 0 Å². The van der Waals surface area contributed by atoms with Crippen LogP contribution in [-0.4, -0.2) is 29.7 Å². The van der Waals surface area contributed by atoms with Gasteiger partial charge >= 0.3 is 0 Å². The van der Waals surface area contributed by atoms with Gasteiger partial charge in [0.15, 0.2) is 0 Å². The second-order valence-corrected chi connectivity index (χ2v) is 4.28. The molecule has 0 saturated carbocycles. The van der Waals surface area contributed by atoms with Crippen LogP contribution < -0.4 is 10.1 Å². The van der Waals surface area contributed by atoms with E-state index >= 15 is 0 Å². The zero-order valence-electron chi connectivity index (χ0n) is 9.94. The van der Waals surface area contributed by atoms with Crippen LogP contribution in [0.25, 0.3) is 0 Å². The van der Waals surface area contributed by atoms with Crippen molar-refractivity contribution in [2.24, 2.45) is 5.92 Å². The van der Waals surface area contributed by atoms with Gasteiger partial charge in [0, 0.05) is 6.20 Å². The van der Waals surface area contributed by atoms with Crippen LogP contribution in [0.15, 0.2) is 6.20 Å². The normalized spacial score (nSPS) is 16.5. The molecule has 0 unspecified atom stereocenters. The van der Waals surface area contributed by atoms with Gasteiger partial charge in [0.05, 0.1) is 12.3 Å².